The third-order valence-corrected chi connectivity index (χ3v) is 2.98. The molecule has 2 rings (SSSR count). The molecule has 0 fully saturated rings. The summed E-state index contributed by atoms with van der Waals surface area (Å²) in [4.78, 5) is 0. The Labute approximate surface area is 108 Å². The van der Waals surface area contributed by atoms with E-state index in [1.165, 1.54) is 22.3 Å². The van der Waals surface area contributed by atoms with Crippen molar-refractivity contribution < 1.29 is 9.47 Å². The van der Waals surface area contributed by atoms with Crippen LogP contribution in [0.15, 0.2) is 42.5 Å². The minimum absolute atomic E-state index is 0.642. The zero-order valence-corrected chi connectivity index (χ0v) is 11.1. The molecule has 2 aromatic carbocycles. The summed E-state index contributed by atoms with van der Waals surface area (Å²) in [6.07, 6.45) is 0. The van der Waals surface area contributed by atoms with Crippen LogP contribution in [0.1, 0.15) is 11.1 Å². The zero-order chi connectivity index (χ0) is 13.0. The van der Waals surface area contributed by atoms with E-state index in [4.69, 9.17) is 9.47 Å². The highest BCUT2D eigenvalue weighted by Gasteiger charge is 2.04. The molecule has 0 aliphatic rings. The molecular formula is C16H18O2. The number of methoxy groups -OCH3 is 2. The Bertz CT molecular complexity index is 532. The molecule has 94 valence electrons. The first-order valence-corrected chi connectivity index (χ1v) is 5.97. The van der Waals surface area contributed by atoms with Gasteiger partial charge in [0.05, 0.1) is 13.7 Å². The molecule has 0 aromatic heterocycles. The SMILES string of the molecule is COCc1cccc(-c2ccc(OC)cc2C)c1. The first-order chi connectivity index (χ1) is 8.74. The van der Waals surface area contributed by atoms with Crippen LogP contribution < -0.4 is 4.74 Å². The quantitative estimate of drug-likeness (QED) is 0.811. The summed E-state index contributed by atoms with van der Waals surface area (Å²) in [5.41, 5.74) is 4.84. The highest BCUT2D eigenvalue weighted by atomic mass is 16.5. The predicted molar refractivity (Wildman–Crippen MR) is 73.9 cm³/mol. The summed E-state index contributed by atoms with van der Waals surface area (Å²) in [6, 6.07) is 14.6. The van der Waals surface area contributed by atoms with E-state index in [9.17, 15) is 0 Å². The lowest BCUT2D eigenvalue weighted by Gasteiger charge is -2.09. The van der Waals surface area contributed by atoms with Crippen LogP contribution in [0, 0.1) is 6.92 Å². The lowest BCUT2D eigenvalue weighted by Crippen LogP contribution is -1.90. The predicted octanol–water partition coefficient (Wildman–Crippen LogP) is 3.82. The standard InChI is InChI=1S/C16H18O2/c1-12-9-15(18-3)7-8-16(12)14-6-4-5-13(10-14)11-17-2/h4-10H,11H2,1-3H3. The summed E-state index contributed by atoms with van der Waals surface area (Å²) in [7, 11) is 3.40. The average Bonchev–Trinajstić information content (AvgIpc) is 2.39. The molecule has 0 bridgehead atoms. The number of rotatable bonds is 4. The van der Waals surface area contributed by atoms with E-state index in [1.807, 2.05) is 6.07 Å². The van der Waals surface area contributed by atoms with E-state index < -0.39 is 0 Å². The number of aryl methyl sites for hydroxylation is 1. The third kappa shape index (κ3) is 2.71. The van der Waals surface area contributed by atoms with Crippen LogP contribution >= 0.6 is 0 Å². The van der Waals surface area contributed by atoms with Crippen molar-refractivity contribution in [2.24, 2.45) is 0 Å². The van der Waals surface area contributed by atoms with Gasteiger partial charge in [-0.15, -0.1) is 0 Å². The third-order valence-electron chi connectivity index (χ3n) is 2.98. The highest BCUT2D eigenvalue weighted by Crippen LogP contribution is 2.27. The molecule has 0 unspecified atom stereocenters. The van der Waals surface area contributed by atoms with Gasteiger partial charge in [-0.05, 0) is 47.4 Å². The Morgan fingerprint density at radius 2 is 1.83 bits per heavy atom. The fourth-order valence-electron chi connectivity index (χ4n) is 2.08. The highest BCUT2D eigenvalue weighted by molar-refractivity contribution is 5.68. The van der Waals surface area contributed by atoms with E-state index >= 15 is 0 Å². The van der Waals surface area contributed by atoms with Crippen molar-refractivity contribution in [1.82, 2.24) is 0 Å². The van der Waals surface area contributed by atoms with Crippen molar-refractivity contribution in [3.8, 4) is 16.9 Å². The van der Waals surface area contributed by atoms with Gasteiger partial charge in [0, 0.05) is 7.11 Å². The molecule has 2 aromatic rings. The smallest absolute Gasteiger partial charge is 0.119 e. The maximum Gasteiger partial charge on any atom is 0.119 e. The van der Waals surface area contributed by atoms with E-state index in [0.29, 0.717) is 6.61 Å². The normalized spacial score (nSPS) is 10.4. The van der Waals surface area contributed by atoms with Gasteiger partial charge in [0.1, 0.15) is 5.75 Å². The van der Waals surface area contributed by atoms with Crippen molar-refractivity contribution >= 4 is 0 Å². The Kier molecular flexibility index (Phi) is 4.00. The molecule has 0 radical (unpaired) electrons. The van der Waals surface area contributed by atoms with Gasteiger partial charge < -0.3 is 9.47 Å². The molecule has 0 saturated heterocycles. The minimum Gasteiger partial charge on any atom is -0.497 e. The Balaban J connectivity index is 2.38. The molecule has 2 heteroatoms. The molecule has 0 atom stereocenters. The topological polar surface area (TPSA) is 18.5 Å². The molecule has 0 amide bonds. The first kappa shape index (κ1) is 12.7. The number of hydrogen-bond acceptors (Lipinski definition) is 2. The first-order valence-electron chi connectivity index (χ1n) is 5.97. The summed E-state index contributed by atoms with van der Waals surface area (Å²) < 4.78 is 10.4. The van der Waals surface area contributed by atoms with Crippen LogP contribution in [0.25, 0.3) is 11.1 Å². The van der Waals surface area contributed by atoms with E-state index in [1.54, 1.807) is 14.2 Å². The van der Waals surface area contributed by atoms with E-state index in [-0.39, 0.29) is 0 Å². The number of benzene rings is 2. The van der Waals surface area contributed by atoms with Crippen molar-refractivity contribution in [3.05, 3.63) is 53.6 Å². The molecule has 0 aliphatic carbocycles. The molecule has 18 heavy (non-hydrogen) atoms. The molecule has 2 nitrogen and oxygen atoms in total. The van der Waals surface area contributed by atoms with Gasteiger partial charge in [-0.1, -0.05) is 24.3 Å². The summed E-state index contributed by atoms with van der Waals surface area (Å²) in [5.74, 6) is 0.893. The lowest BCUT2D eigenvalue weighted by atomic mass is 9.99. The maximum absolute atomic E-state index is 5.23. The van der Waals surface area contributed by atoms with Gasteiger partial charge >= 0.3 is 0 Å². The van der Waals surface area contributed by atoms with Gasteiger partial charge in [-0.25, -0.2) is 0 Å². The summed E-state index contributed by atoms with van der Waals surface area (Å²) in [5, 5.41) is 0. The molecule has 0 aliphatic heterocycles. The minimum atomic E-state index is 0.642. The number of hydrogen-bond donors (Lipinski definition) is 0. The van der Waals surface area contributed by atoms with Gasteiger partial charge in [0.25, 0.3) is 0 Å². The van der Waals surface area contributed by atoms with Crippen LogP contribution in [0.3, 0.4) is 0 Å². The van der Waals surface area contributed by atoms with Crippen LogP contribution in [0.4, 0.5) is 0 Å². The van der Waals surface area contributed by atoms with Gasteiger partial charge in [-0.3, -0.25) is 0 Å². The number of ether oxygens (including phenoxy) is 2. The second-order valence-electron chi connectivity index (χ2n) is 4.31. The van der Waals surface area contributed by atoms with Crippen molar-refractivity contribution in [1.29, 1.82) is 0 Å². The van der Waals surface area contributed by atoms with Crippen LogP contribution in [0.2, 0.25) is 0 Å². The Hall–Kier alpha value is -1.80. The molecule has 0 saturated carbocycles. The van der Waals surface area contributed by atoms with E-state index in [0.717, 1.165) is 5.75 Å². The molecule has 0 spiro atoms. The largest absolute Gasteiger partial charge is 0.497 e. The van der Waals surface area contributed by atoms with Crippen molar-refractivity contribution in [2.45, 2.75) is 13.5 Å². The second-order valence-corrected chi connectivity index (χ2v) is 4.31. The molecule has 0 N–H and O–H groups in total. The Morgan fingerprint density at radius 3 is 2.50 bits per heavy atom. The van der Waals surface area contributed by atoms with Gasteiger partial charge in [0.15, 0.2) is 0 Å². The second kappa shape index (κ2) is 5.69. The fourth-order valence-corrected chi connectivity index (χ4v) is 2.08. The Morgan fingerprint density at radius 1 is 1.00 bits per heavy atom. The van der Waals surface area contributed by atoms with Crippen LogP contribution in [-0.2, 0) is 11.3 Å². The maximum atomic E-state index is 5.23. The van der Waals surface area contributed by atoms with Crippen molar-refractivity contribution in [3.63, 3.8) is 0 Å². The molecular weight excluding hydrogens is 224 g/mol. The van der Waals surface area contributed by atoms with Crippen molar-refractivity contribution in [2.75, 3.05) is 14.2 Å². The van der Waals surface area contributed by atoms with E-state index in [2.05, 4.69) is 43.3 Å². The zero-order valence-electron chi connectivity index (χ0n) is 11.1. The van der Waals surface area contributed by atoms with Gasteiger partial charge in [0.2, 0.25) is 0 Å². The summed E-state index contributed by atoms with van der Waals surface area (Å²) >= 11 is 0. The fraction of sp³-hybridized carbons (Fsp3) is 0.250. The molecule has 0 heterocycles. The monoisotopic (exact) mass is 242 g/mol. The average molecular weight is 242 g/mol. The van der Waals surface area contributed by atoms with Gasteiger partial charge in [-0.2, -0.15) is 0 Å². The summed E-state index contributed by atoms with van der Waals surface area (Å²) in [6.45, 7) is 2.74. The lowest BCUT2D eigenvalue weighted by molar-refractivity contribution is 0.185. The van der Waals surface area contributed by atoms with Crippen LogP contribution in [0.5, 0.6) is 5.75 Å². The van der Waals surface area contributed by atoms with Crippen LogP contribution in [-0.4, -0.2) is 14.2 Å².